The van der Waals surface area contributed by atoms with Crippen LogP contribution in [0.5, 0.6) is 0 Å². The topological polar surface area (TPSA) is 60.7 Å². The van der Waals surface area contributed by atoms with Crippen LogP contribution in [0.3, 0.4) is 0 Å². The van der Waals surface area contributed by atoms with E-state index < -0.39 is 11.7 Å². The highest BCUT2D eigenvalue weighted by Gasteiger charge is 2.31. The third-order valence-corrected chi connectivity index (χ3v) is 2.63. The molecule has 3 heteroatoms. The first-order valence-electron chi connectivity index (χ1n) is 5.44. The van der Waals surface area contributed by atoms with Crippen molar-refractivity contribution in [2.75, 3.05) is 6.61 Å². The van der Waals surface area contributed by atoms with Gasteiger partial charge in [0, 0.05) is 12.5 Å². The maximum Gasteiger partial charge on any atom is 0.0644 e. The molecule has 3 N–H and O–H groups in total. The first-order chi connectivity index (χ1) is 6.43. The average molecular weight is 204 g/mol. The smallest absolute Gasteiger partial charge is 0.0644 e. The van der Waals surface area contributed by atoms with Crippen molar-refractivity contribution >= 4 is 0 Å². The van der Waals surface area contributed by atoms with Crippen molar-refractivity contribution in [1.29, 1.82) is 0 Å². The van der Waals surface area contributed by atoms with E-state index in [9.17, 15) is 10.2 Å². The molecule has 0 aliphatic rings. The fourth-order valence-electron chi connectivity index (χ4n) is 1.82. The molecule has 86 valence electrons. The molecule has 0 aromatic rings. The number of hydrogen-bond acceptors (Lipinski definition) is 3. The third-order valence-electron chi connectivity index (χ3n) is 2.63. The van der Waals surface area contributed by atoms with Crippen LogP contribution in [-0.2, 0) is 0 Å². The molecule has 0 aromatic carbocycles. The SMILES string of the molecule is CCCC(O)C(CCCO)C(C)(C)O. The molecular weight excluding hydrogens is 180 g/mol. The number of aliphatic hydroxyl groups excluding tert-OH is 2. The molecule has 14 heavy (non-hydrogen) atoms. The normalized spacial score (nSPS) is 16.7. The molecule has 0 aromatic heterocycles. The summed E-state index contributed by atoms with van der Waals surface area (Å²) in [5, 5.41) is 28.4. The summed E-state index contributed by atoms with van der Waals surface area (Å²) in [5.74, 6) is -0.144. The lowest BCUT2D eigenvalue weighted by Gasteiger charge is -2.33. The number of hydrogen-bond donors (Lipinski definition) is 3. The Morgan fingerprint density at radius 3 is 2.14 bits per heavy atom. The van der Waals surface area contributed by atoms with Gasteiger partial charge in [0.15, 0.2) is 0 Å². The minimum absolute atomic E-state index is 0.116. The standard InChI is InChI=1S/C11H24O3/c1-4-6-10(13)9(7-5-8-12)11(2,3)14/h9-10,12-14H,4-8H2,1-3H3. The van der Waals surface area contributed by atoms with E-state index in [1.807, 2.05) is 6.92 Å². The zero-order chi connectivity index (χ0) is 11.2. The van der Waals surface area contributed by atoms with E-state index in [2.05, 4.69) is 0 Å². The van der Waals surface area contributed by atoms with Gasteiger partial charge in [-0.1, -0.05) is 13.3 Å². The molecule has 0 aliphatic heterocycles. The van der Waals surface area contributed by atoms with Gasteiger partial charge in [0.05, 0.1) is 11.7 Å². The Morgan fingerprint density at radius 2 is 1.79 bits per heavy atom. The molecule has 0 rings (SSSR count). The summed E-state index contributed by atoms with van der Waals surface area (Å²) in [6, 6.07) is 0. The molecule has 0 fully saturated rings. The molecule has 0 heterocycles. The summed E-state index contributed by atoms with van der Waals surface area (Å²) in [4.78, 5) is 0. The van der Waals surface area contributed by atoms with Crippen LogP contribution >= 0.6 is 0 Å². The maximum atomic E-state index is 9.86. The van der Waals surface area contributed by atoms with Crippen molar-refractivity contribution in [3.05, 3.63) is 0 Å². The molecule has 0 spiro atoms. The van der Waals surface area contributed by atoms with Gasteiger partial charge in [0.2, 0.25) is 0 Å². The van der Waals surface area contributed by atoms with Crippen molar-refractivity contribution in [3.8, 4) is 0 Å². The summed E-state index contributed by atoms with van der Waals surface area (Å²) in [6.07, 6.45) is 2.45. The monoisotopic (exact) mass is 204 g/mol. The van der Waals surface area contributed by atoms with Gasteiger partial charge in [-0.2, -0.15) is 0 Å². The van der Waals surface area contributed by atoms with E-state index in [1.54, 1.807) is 13.8 Å². The lowest BCUT2D eigenvalue weighted by molar-refractivity contribution is -0.0546. The van der Waals surface area contributed by atoms with Crippen LogP contribution in [0.25, 0.3) is 0 Å². The van der Waals surface area contributed by atoms with E-state index >= 15 is 0 Å². The largest absolute Gasteiger partial charge is 0.396 e. The van der Waals surface area contributed by atoms with Crippen LogP contribution in [0, 0.1) is 5.92 Å². The molecule has 0 radical (unpaired) electrons. The van der Waals surface area contributed by atoms with Crippen LogP contribution in [0.2, 0.25) is 0 Å². The zero-order valence-electron chi connectivity index (χ0n) is 9.53. The van der Waals surface area contributed by atoms with Crippen LogP contribution in [-0.4, -0.2) is 33.6 Å². The summed E-state index contributed by atoms with van der Waals surface area (Å²) in [6.45, 7) is 5.56. The van der Waals surface area contributed by atoms with Gasteiger partial charge in [0.1, 0.15) is 0 Å². The quantitative estimate of drug-likeness (QED) is 0.586. The Bertz CT molecular complexity index is 140. The molecule has 2 unspecified atom stereocenters. The van der Waals surface area contributed by atoms with E-state index in [1.165, 1.54) is 0 Å². The molecule has 2 atom stereocenters. The molecule has 3 nitrogen and oxygen atoms in total. The Balaban J connectivity index is 4.23. The van der Waals surface area contributed by atoms with Gasteiger partial charge >= 0.3 is 0 Å². The highest BCUT2D eigenvalue weighted by atomic mass is 16.3. The second-order valence-electron chi connectivity index (χ2n) is 4.48. The van der Waals surface area contributed by atoms with Gasteiger partial charge in [-0.05, 0) is 33.1 Å². The van der Waals surface area contributed by atoms with Crippen LogP contribution in [0.15, 0.2) is 0 Å². The van der Waals surface area contributed by atoms with Gasteiger partial charge in [0.25, 0.3) is 0 Å². The fourth-order valence-corrected chi connectivity index (χ4v) is 1.82. The highest BCUT2D eigenvalue weighted by Crippen LogP contribution is 2.27. The van der Waals surface area contributed by atoms with Crippen molar-refractivity contribution < 1.29 is 15.3 Å². The molecule has 0 amide bonds. The van der Waals surface area contributed by atoms with E-state index in [0.29, 0.717) is 19.3 Å². The van der Waals surface area contributed by atoms with Crippen LogP contribution in [0.1, 0.15) is 46.5 Å². The minimum atomic E-state index is -0.871. The lowest BCUT2D eigenvalue weighted by atomic mass is 9.81. The summed E-state index contributed by atoms with van der Waals surface area (Å²) < 4.78 is 0. The number of aliphatic hydroxyl groups is 3. The fraction of sp³-hybridized carbons (Fsp3) is 1.00. The van der Waals surface area contributed by atoms with Gasteiger partial charge in [-0.25, -0.2) is 0 Å². The second-order valence-corrected chi connectivity index (χ2v) is 4.48. The summed E-state index contributed by atoms with van der Waals surface area (Å²) in [5.41, 5.74) is -0.871. The maximum absolute atomic E-state index is 9.86. The second kappa shape index (κ2) is 6.38. The molecular formula is C11H24O3. The Morgan fingerprint density at radius 1 is 1.21 bits per heavy atom. The van der Waals surface area contributed by atoms with Gasteiger partial charge in [-0.3, -0.25) is 0 Å². The average Bonchev–Trinajstić information content (AvgIpc) is 2.03. The minimum Gasteiger partial charge on any atom is -0.396 e. The summed E-state index contributed by atoms with van der Waals surface area (Å²) >= 11 is 0. The van der Waals surface area contributed by atoms with Crippen LogP contribution < -0.4 is 0 Å². The predicted molar refractivity (Wildman–Crippen MR) is 57.0 cm³/mol. The third kappa shape index (κ3) is 4.94. The van der Waals surface area contributed by atoms with E-state index in [-0.39, 0.29) is 12.5 Å². The summed E-state index contributed by atoms with van der Waals surface area (Å²) in [7, 11) is 0. The molecule has 0 saturated heterocycles. The highest BCUT2D eigenvalue weighted by molar-refractivity contribution is 4.82. The van der Waals surface area contributed by atoms with Crippen LogP contribution in [0.4, 0.5) is 0 Å². The zero-order valence-corrected chi connectivity index (χ0v) is 9.53. The van der Waals surface area contributed by atoms with Gasteiger partial charge in [-0.15, -0.1) is 0 Å². The van der Waals surface area contributed by atoms with Crippen molar-refractivity contribution in [2.24, 2.45) is 5.92 Å². The van der Waals surface area contributed by atoms with Crippen molar-refractivity contribution in [2.45, 2.75) is 58.2 Å². The Labute approximate surface area is 86.8 Å². The van der Waals surface area contributed by atoms with E-state index in [0.717, 1.165) is 6.42 Å². The predicted octanol–water partition coefficient (Wildman–Crippen LogP) is 1.31. The lowest BCUT2D eigenvalue weighted by Crippen LogP contribution is -2.39. The molecule has 0 bridgehead atoms. The number of rotatable bonds is 7. The van der Waals surface area contributed by atoms with Crippen molar-refractivity contribution in [1.82, 2.24) is 0 Å². The molecule has 0 saturated carbocycles. The first kappa shape index (κ1) is 13.9. The van der Waals surface area contributed by atoms with E-state index in [4.69, 9.17) is 5.11 Å². The Hall–Kier alpha value is -0.120. The van der Waals surface area contributed by atoms with Crippen molar-refractivity contribution in [3.63, 3.8) is 0 Å². The Kier molecular flexibility index (Phi) is 6.33. The first-order valence-corrected chi connectivity index (χ1v) is 5.44. The van der Waals surface area contributed by atoms with Gasteiger partial charge < -0.3 is 15.3 Å². The molecule has 0 aliphatic carbocycles.